The van der Waals surface area contributed by atoms with Crippen molar-refractivity contribution in [2.45, 2.75) is 51.9 Å². The van der Waals surface area contributed by atoms with Gasteiger partial charge in [-0.15, -0.1) is 0 Å². The van der Waals surface area contributed by atoms with Crippen molar-refractivity contribution >= 4 is 0 Å². The van der Waals surface area contributed by atoms with Crippen LogP contribution in [0.2, 0.25) is 0 Å². The van der Waals surface area contributed by atoms with E-state index in [1.165, 1.54) is 38.5 Å². The summed E-state index contributed by atoms with van der Waals surface area (Å²) in [7, 11) is 0. The molecule has 0 radical (unpaired) electrons. The van der Waals surface area contributed by atoms with Gasteiger partial charge in [0.05, 0.1) is 13.2 Å². The van der Waals surface area contributed by atoms with E-state index in [4.69, 9.17) is 4.74 Å². The lowest BCUT2D eigenvalue weighted by molar-refractivity contribution is 0.0593. The van der Waals surface area contributed by atoms with Gasteiger partial charge in [-0.25, -0.2) is 0 Å². The summed E-state index contributed by atoms with van der Waals surface area (Å²) >= 11 is 0. The van der Waals surface area contributed by atoms with Crippen molar-refractivity contribution in [3.05, 3.63) is 24.4 Å². The van der Waals surface area contributed by atoms with Gasteiger partial charge in [0, 0.05) is 13.1 Å². The molecule has 2 nitrogen and oxygen atoms in total. The van der Waals surface area contributed by atoms with Crippen LogP contribution in [0.4, 0.5) is 0 Å². The SMILES string of the molecule is CC1(C=CCCC=CN2CCOCC2)CCCCC1. The summed E-state index contributed by atoms with van der Waals surface area (Å²) in [5.74, 6) is 0. The lowest BCUT2D eigenvalue weighted by Crippen LogP contribution is -2.31. The van der Waals surface area contributed by atoms with Crippen LogP contribution in [0.5, 0.6) is 0 Å². The Morgan fingerprint density at radius 1 is 1.00 bits per heavy atom. The average Bonchev–Trinajstić information content (AvgIpc) is 2.44. The van der Waals surface area contributed by atoms with Crippen molar-refractivity contribution in [1.82, 2.24) is 4.90 Å². The van der Waals surface area contributed by atoms with Gasteiger partial charge < -0.3 is 9.64 Å². The topological polar surface area (TPSA) is 12.5 Å². The number of ether oxygens (including phenoxy) is 1. The average molecular weight is 263 g/mol. The Morgan fingerprint density at radius 2 is 1.68 bits per heavy atom. The van der Waals surface area contributed by atoms with E-state index in [1.807, 2.05) is 0 Å². The van der Waals surface area contributed by atoms with Crippen molar-refractivity contribution in [2.24, 2.45) is 5.41 Å². The second-order valence-electron chi connectivity index (χ2n) is 6.23. The third-order valence-electron chi connectivity index (χ3n) is 4.38. The van der Waals surface area contributed by atoms with E-state index in [0.29, 0.717) is 5.41 Å². The molecule has 108 valence electrons. The Bertz CT molecular complexity index is 296. The van der Waals surface area contributed by atoms with Crippen LogP contribution >= 0.6 is 0 Å². The van der Waals surface area contributed by atoms with E-state index in [1.54, 1.807) is 0 Å². The first-order valence-electron chi connectivity index (χ1n) is 7.95. The van der Waals surface area contributed by atoms with Gasteiger partial charge >= 0.3 is 0 Å². The van der Waals surface area contributed by atoms with Crippen LogP contribution in [0.1, 0.15) is 51.9 Å². The fourth-order valence-corrected chi connectivity index (χ4v) is 3.04. The van der Waals surface area contributed by atoms with Crippen LogP contribution in [-0.4, -0.2) is 31.2 Å². The van der Waals surface area contributed by atoms with Crippen LogP contribution in [0, 0.1) is 5.41 Å². The summed E-state index contributed by atoms with van der Waals surface area (Å²) in [5, 5.41) is 0. The first-order chi connectivity index (χ1) is 9.29. The molecule has 0 aromatic rings. The van der Waals surface area contributed by atoms with E-state index < -0.39 is 0 Å². The van der Waals surface area contributed by atoms with E-state index in [9.17, 15) is 0 Å². The third-order valence-corrected chi connectivity index (χ3v) is 4.38. The molecule has 19 heavy (non-hydrogen) atoms. The van der Waals surface area contributed by atoms with Gasteiger partial charge in [-0.05, 0) is 37.3 Å². The van der Waals surface area contributed by atoms with Gasteiger partial charge in [0.15, 0.2) is 0 Å². The minimum absolute atomic E-state index is 0.492. The van der Waals surface area contributed by atoms with Gasteiger partial charge in [-0.1, -0.05) is 44.4 Å². The van der Waals surface area contributed by atoms with Crippen LogP contribution in [0.15, 0.2) is 24.4 Å². The van der Waals surface area contributed by atoms with Gasteiger partial charge in [0.2, 0.25) is 0 Å². The Hall–Kier alpha value is -0.760. The molecule has 1 aliphatic heterocycles. The highest BCUT2D eigenvalue weighted by Gasteiger charge is 2.22. The van der Waals surface area contributed by atoms with Crippen LogP contribution in [0.3, 0.4) is 0 Å². The lowest BCUT2D eigenvalue weighted by Gasteiger charge is -2.30. The normalized spacial score (nSPS) is 24.4. The van der Waals surface area contributed by atoms with Crippen LogP contribution in [0.25, 0.3) is 0 Å². The highest BCUT2D eigenvalue weighted by atomic mass is 16.5. The molecule has 0 atom stereocenters. The van der Waals surface area contributed by atoms with Crippen molar-refractivity contribution < 1.29 is 4.74 Å². The fourth-order valence-electron chi connectivity index (χ4n) is 3.04. The Balaban J connectivity index is 1.61. The molecule has 1 aliphatic carbocycles. The largest absolute Gasteiger partial charge is 0.378 e. The molecular formula is C17H29NO. The quantitative estimate of drug-likeness (QED) is 0.546. The molecule has 2 fully saturated rings. The first kappa shape index (κ1) is 14.6. The maximum Gasteiger partial charge on any atom is 0.0642 e. The summed E-state index contributed by atoms with van der Waals surface area (Å²) < 4.78 is 5.34. The number of morpholine rings is 1. The summed E-state index contributed by atoms with van der Waals surface area (Å²) in [6.45, 7) is 6.27. The Morgan fingerprint density at radius 3 is 2.42 bits per heavy atom. The molecule has 0 aromatic heterocycles. The number of rotatable bonds is 5. The van der Waals surface area contributed by atoms with E-state index in [0.717, 1.165) is 32.7 Å². The van der Waals surface area contributed by atoms with E-state index >= 15 is 0 Å². The first-order valence-corrected chi connectivity index (χ1v) is 7.95. The summed E-state index contributed by atoms with van der Waals surface area (Å²) in [6, 6.07) is 0. The molecule has 1 saturated heterocycles. The molecule has 0 bridgehead atoms. The zero-order valence-electron chi connectivity index (χ0n) is 12.4. The highest BCUT2D eigenvalue weighted by molar-refractivity contribution is 4.99. The maximum absolute atomic E-state index is 5.34. The number of hydrogen-bond donors (Lipinski definition) is 0. The molecular weight excluding hydrogens is 234 g/mol. The minimum atomic E-state index is 0.492. The molecule has 2 rings (SSSR count). The van der Waals surface area contributed by atoms with Gasteiger partial charge in [0.1, 0.15) is 0 Å². The third kappa shape index (κ3) is 5.40. The molecule has 0 N–H and O–H groups in total. The fraction of sp³-hybridized carbons (Fsp3) is 0.765. The second-order valence-corrected chi connectivity index (χ2v) is 6.23. The minimum Gasteiger partial charge on any atom is -0.378 e. The smallest absolute Gasteiger partial charge is 0.0642 e. The van der Waals surface area contributed by atoms with E-state index in [2.05, 4.69) is 36.3 Å². The molecule has 2 heteroatoms. The van der Waals surface area contributed by atoms with Gasteiger partial charge in [-0.3, -0.25) is 0 Å². The zero-order chi connectivity index (χ0) is 13.4. The summed E-state index contributed by atoms with van der Waals surface area (Å²) in [6.07, 6.45) is 18.8. The molecule has 0 amide bonds. The van der Waals surface area contributed by atoms with Crippen LogP contribution in [-0.2, 0) is 4.74 Å². The Labute approximate surface area is 118 Å². The number of nitrogens with zero attached hydrogens (tertiary/aromatic N) is 1. The maximum atomic E-state index is 5.34. The lowest BCUT2D eigenvalue weighted by atomic mass is 9.75. The number of hydrogen-bond acceptors (Lipinski definition) is 2. The predicted molar refractivity (Wildman–Crippen MR) is 81.1 cm³/mol. The van der Waals surface area contributed by atoms with Gasteiger partial charge in [-0.2, -0.15) is 0 Å². The monoisotopic (exact) mass is 263 g/mol. The molecule has 2 aliphatic rings. The van der Waals surface area contributed by atoms with Crippen molar-refractivity contribution in [1.29, 1.82) is 0 Å². The standard InChI is InChI=1S/C17H29NO/c1-17(10-6-4-7-11-17)9-5-2-3-8-12-18-13-15-19-16-14-18/h5,8-9,12H,2-4,6-7,10-11,13-16H2,1H3. The van der Waals surface area contributed by atoms with E-state index in [-0.39, 0.29) is 0 Å². The van der Waals surface area contributed by atoms with Crippen molar-refractivity contribution in [2.75, 3.05) is 26.3 Å². The number of unbranched alkanes of at least 4 members (excludes halogenated alkanes) is 1. The Kier molecular flexibility index (Phi) is 5.96. The summed E-state index contributed by atoms with van der Waals surface area (Å²) in [5.41, 5.74) is 0.492. The summed E-state index contributed by atoms with van der Waals surface area (Å²) in [4.78, 5) is 2.36. The van der Waals surface area contributed by atoms with Crippen molar-refractivity contribution in [3.63, 3.8) is 0 Å². The highest BCUT2D eigenvalue weighted by Crippen LogP contribution is 2.36. The molecule has 0 unspecified atom stereocenters. The zero-order valence-corrected chi connectivity index (χ0v) is 12.4. The predicted octanol–water partition coefficient (Wildman–Crippen LogP) is 4.14. The second kappa shape index (κ2) is 7.74. The van der Waals surface area contributed by atoms with Gasteiger partial charge in [0.25, 0.3) is 0 Å². The molecule has 0 aromatic carbocycles. The van der Waals surface area contributed by atoms with Crippen molar-refractivity contribution in [3.8, 4) is 0 Å². The number of allylic oxidation sites excluding steroid dienone is 3. The molecule has 1 saturated carbocycles. The molecule has 1 heterocycles. The van der Waals surface area contributed by atoms with Crippen LogP contribution < -0.4 is 0 Å². The molecule has 0 spiro atoms.